The van der Waals surface area contributed by atoms with E-state index in [1.807, 2.05) is 18.1 Å². The molecule has 2 atom stereocenters. The van der Waals surface area contributed by atoms with Gasteiger partial charge >= 0.3 is 0 Å². The van der Waals surface area contributed by atoms with Crippen molar-refractivity contribution in [2.24, 2.45) is 13.0 Å². The Bertz CT molecular complexity index is 554. The van der Waals surface area contributed by atoms with Crippen LogP contribution in [0.25, 0.3) is 0 Å². The Morgan fingerprint density at radius 2 is 2.23 bits per heavy atom. The highest BCUT2D eigenvalue weighted by Gasteiger charge is 2.40. The molecule has 1 aliphatic carbocycles. The lowest BCUT2D eigenvalue weighted by atomic mass is 9.98. The van der Waals surface area contributed by atoms with Gasteiger partial charge in [0.2, 0.25) is 0 Å². The zero-order chi connectivity index (χ0) is 15.1. The van der Waals surface area contributed by atoms with E-state index in [9.17, 15) is 4.79 Å². The highest BCUT2D eigenvalue weighted by molar-refractivity contribution is 5.92. The standard InChI is InChI=1S/C16H24N4O2/c1-18-6-4-13(17-18)16(21)20-7-5-15-14(11-20)19(8-9-22-15)10-12-2-3-12/h4,6,12,14-15H,2-3,5,7-11H2,1H3/t14-,15-/m0/s1. The van der Waals surface area contributed by atoms with Crippen molar-refractivity contribution in [2.45, 2.75) is 31.4 Å². The summed E-state index contributed by atoms with van der Waals surface area (Å²) in [6.07, 6.45) is 5.78. The smallest absolute Gasteiger partial charge is 0.274 e. The van der Waals surface area contributed by atoms with Gasteiger partial charge in [-0.15, -0.1) is 0 Å². The minimum absolute atomic E-state index is 0.0518. The normalized spacial score (nSPS) is 29.4. The summed E-state index contributed by atoms with van der Waals surface area (Å²) in [6, 6.07) is 2.16. The summed E-state index contributed by atoms with van der Waals surface area (Å²) in [6.45, 7) is 4.56. The van der Waals surface area contributed by atoms with E-state index in [1.165, 1.54) is 19.4 Å². The number of carbonyl (C=O) groups is 1. The first-order valence-electron chi connectivity index (χ1n) is 8.35. The summed E-state index contributed by atoms with van der Waals surface area (Å²) in [4.78, 5) is 17.1. The maximum absolute atomic E-state index is 12.6. The van der Waals surface area contributed by atoms with Crippen molar-refractivity contribution in [3.63, 3.8) is 0 Å². The van der Waals surface area contributed by atoms with Crippen LogP contribution in [-0.2, 0) is 11.8 Å². The molecule has 0 radical (unpaired) electrons. The van der Waals surface area contributed by atoms with Gasteiger partial charge in [-0.2, -0.15) is 5.10 Å². The molecule has 1 amide bonds. The molecular weight excluding hydrogens is 280 g/mol. The van der Waals surface area contributed by atoms with Crippen molar-refractivity contribution < 1.29 is 9.53 Å². The molecule has 3 fully saturated rings. The zero-order valence-electron chi connectivity index (χ0n) is 13.1. The van der Waals surface area contributed by atoms with Gasteiger partial charge in [0.05, 0.1) is 18.8 Å². The van der Waals surface area contributed by atoms with Crippen LogP contribution in [0.15, 0.2) is 12.3 Å². The van der Waals surface area contributed by atoms with Gasteiger partial charge in [0.1, 0.15) is 5.69 Å². The van der Waals surface area contributed by atoms with E-state index in [4.69, 9.17) is 4.74 Å². The van der Waals surface area contributed by atoms with Gasteiger partial charge < -0.3 is 9.64 Å². The predicted molar refractivity (Wildman–Crippen MR) is 81.6 cm³/mol. The van der Waals surface area contributed by atoms with E-state index in [0.717, 1.165) is 38.6 Å². The molecule has 0 aromatic carbocycles. The fraction of sp³-hybridized carbons (Fsp3) is 0.750. The van der Waals surface area contributed by atoms with Gasteiger partial charge in [-0.05, 0) is 31.2 Å². The third kappa shape index (κ3) is 2.77. The Morgan fingerprint density at radius 3 is 2.95 bits per heavy atom. The maximum atomic E-state index is 12.6. The second kappa shape index (κ2) is 5.66. The third-order valence-corrected chi connectivity index (χ3v) is 5.11. The molecule has 2 saturated heterocycles. The Balaban J connectivity index is 1.46. The first-order chi connectivity index (χ1) is 10.7. The molecule has 0 spiro atoms. The lowest BCUT2D eigenvalue weighted by molar-refractivity contribution is -0.0989. The molecule has 0 bridgehead atoms. The van der Waals surface area contributed by atoms with Crippen molar-refractivity contribution >= 4 is 5.91 Å². The number of carbonyl (C=O) groups excluding carboxylic acids is 1. The molecule has 6 nitrogen and oxygen atoms in total. The Hall–Kier alpha value is -1.40. The molecule has 4 rings (SSSR count). The van der Waals surface area contributed by atoms with E-state index in [-0.39, 0.29) is 5.91 Å². The molecule has 3 heterocycles. The lowest BCUT2D eigenvalue weighted by Gasteiger charge is -2.47. The SMILES string of the molecule is Cn1ccc(C(=O)N2CC[C@@H]3OCCN(CC4CC4)[C@H]3C2)n1. The molecule has 120 valence electrons. The number of likely N-dealkylation sites (tertiary alicyclic amines) is 1. The van der Waals surface area contributed by atoms with Crippen LogP contribution in [0.2, 0.25) is 0 Å². The fourth-order valence-corrected chi connectivity index (χ4v) is 3.68. The Labute approximate surface area is 131 Å². The average Bonchev–Trinajstić information content (AvgIpc) is 3.25. The van der Waals surface area contributed by atoms with E-state index >= 15 is 0 Å². The van der Waals surface area contributed by atoms with Crippen LogP contribution in [0.4, 0.5) is 0 Å². The highest BCUT2D eigenvalue weighted by atomic mass is 16.5. The summed E-state index contributed by atoms with van der Waals surface area (Å²) < 4.78 is 7.64. The van der Waals surface area contributed by atoms with Crippen molar-refractivity contribution in [1.29, 1.82) is 0 Å². The number of aryl methyl sites for hydroxylation is 1. The lowest BCUT2D eigenvalue weighted by Crippen LogP contribution is -2.61. The molecule has 22 heavy (non-hydrogen) atoms. The summed E-state index contributed by atoms with van der Waals surface area (Å²) in [5.74, 6) is 0.927. The van der Waals surface area contributed by atoms with Gasteiger partial charge in [-0.25, -0.2) is 0 Å². The number of nitrogens with zero attached hydrogens (tertiary/aromatic N) is 4. The van der Waals surface area contributed by atoms with E-state index in [0.29, 0.717) is 17.8 Å². The van der Waals surface area contributed by atoms with Gasteiger partial charge in [-0.3, -0.25) is 14.4 Å². The summed E-state index contributed by atoms with van der Waals surface area (Å²) >= 11 is 0. The van der Waals surface area contributed by atoms with E-state index < -0.39 is 0 Å². The van der Waals surface area contributed by atoms with Crippen LogP contribution in [0, 0.1) is 5.92 Å². The van der Waals surface area contributed by atoms with Crippen molar-refractivity contribution in [3.05, 3.63) is 18.0 Å². The number of hydrogen-bond donors (Lipinski definition) is 0. The molecule has 1 aromatic heterocycles. The number of amides is 1. The van der Waals surface area contributed by atoms with Crippen LogP contribution >= 0.6 is 0 Å². The molecule has 0 unspecified atom stereocenters. The maximum Gasteiger partial charge on any atom is 0.274 e. The number of hydrogen-bond acceptors (Lipinski definition) is 4. The van der Waals surface area contributed by atoms with Gasteiger partial charge in [-0.1, -0.05) is 0 Å². The second-order valence-electron chi connectivity index (χ2n) is 6.83. The topological polar surface area (TPSA) is 50.6 Å². The first-order valence-corrected chi connectivity index (χ1v) is 8.35. The van der Waals surface area contributed by atoms with Crippen LogP contribution < -0.4 is 0 Å². The van der Waals surface area contributed by atoms with Crippen LogP contribution in [-0.4, -0.2) is 70.4 Å². The molecule has 6 heteroatoms. The summed E-state index contributed by atoms with van der Waals surface area (Å²) in [5.41, 5.74) is 0.548. The highest BCUT2D eigenvalue weighted by Crippen LogP contribution is 2.33. The number of fused-ring (bicyclic) bond motifs is 1. The van der Waals surface area contributed by atoms with Gasteiger partial charge in [0.15, 0.2) is 0 Å². The van der Waals surface area contributed by atoms with Gasteiger partial charge in [0, 0.05) is 39.4 Å². The van der Waals surface area contributed by atoms with Crippen molar-refractivity contribution in [2.75, 3.05) is 32.8 Å². The second-order valence-corrected chi connectivity index (χ2v) is 6.83. The zero-order valence-corrected chi connectivity index (χ0v) is 13.1. The first kappa shape index (κ1) is 14.2. The Morgan fingerprint density at radius 1 is 1.36 bits per heavy atom. The number of rotatable bonds is 3. The van der Waals surface area contributed by atoms with Gasteiger partial charge in [0.25, 0.3) is 5.91 Å². The number of aromatic nitrogens is 2. The summed E-state index contributed by atoms with van der Waals surface area (Å²) in [7, 11) is 1.84. The summed E-state index contributed by atoms with van der Waals surface area (Å²) in [5, 5.41) is 4.25. The quantitative estimate of drug-likeness (QED) is 0.827. The number of piperidine rings is 1. The van der Waals surface area contributed by atoms with Crippen molar-refractivity contribution in [1.82, 2.24) is 19.6 Å². The Kier molecular flexibility index (Phi) is 3.66. The molecule has 0 N–H and O–H groups in total. The minimum atomic E-state index is 0.0518. The van der Waals surface area contributed by atoms with Crippen LogP contribution in [0.3, 0.4) is 0 Å². The molecule has 2 aliphatic heterocycles. The largest absolute Gasteiger partial charge is 0.375 e. The predicted octanol–water partition coefficient (Wildman–Crippen LogP) is 0.745. The van der Waals surface area contributed by atoms with Crippen LogP contribution in [0.1, 0.15) is 29.8 Å². The molecule has 1 saturated carbocycles. The minimum Gasteiger partial charge on any atom is -0.375 e. The molecule has 1 aromatic rings. The van der Waals surface area contributed by atoms with Crippen molar-refractivity contribution in [3.8, 4) is 0 Å². The number of ether oxygens (including phenoxy) is 1. The van der Waals surface area contributed by atoms with E-state index in [2.05, 4.69) is 10.00 Å². The average molecular weight is 304 g/mol. The van der Waals surface area contributed by atoms with E-state index in [1.54, 1.807) is 10.7 Å². The molecule has 3 aliphatic rings. The van der Waals surface area contributed by atoms with Crippen LogP contribution in [0.5, 0.6) is 0 Å². The monoisotopic (exact) mass is 304 g/mol. The fourth-order valence-electron chi connectivity index (χ4n) is 3.68. The molecular formula is C16H24N4O2. The third-order valence-electron chi connectivity index (χ3n) is 5.11. The number of morpholine rings is 1.